The number of benzene rings is 3. The zero-order valence-electron chi connectivity index (χ0n) is 22.5. The van der Waals surface area contributed by atoms with Crippen LogP contribution < -0.4 is 9.62 Å². The maximum Gasteiger partial charge on any atom is 0.264 e. The summed E-state index contributed by atoms with van der Waals surface area (Å²) in [4.78, 5) is 28.3. The van der Waals surface area contributed by atoms with Crippen LogP contribution in [0, 0.1) is 6.92 Å². The smallest absolute Gasteiger partial charge is 0.264 e. The first-order chi connectivity index (χ1) is 18.9. The first kappa shape index (κ1) is 31.7. The Hall–Kier alpha value is -2.78. The van der Waals surface area contributed by atoms with Gasteiger partial charge in [-0.1, -0.05) is 84.0 Å². The van der Waals surface area contributed by atoms with Crippen LogP contribution in [-0.2, 0) is 26.2 Å². The molecule has 40 heavy (non-hydrogen) atoms. The zero-order chi connectivity index (χ0) is 29.4. The highest BCUT2D eigenvalue weighted by Crippen LogP contribution is 2.31. The van der Waals surface area contributed by atoms with E-state index in [1.165, 1.54) is 23.1 Å². The van der Waals surface area contributed by atoms with Gasteiger partial charge in [-0.25, -0.2) is 8.42 Å². The predicted octanol–water partition coefficient (Wildman–Crippen LogP) is 6.48. The van der Waals surface area contributed by atoms with Crippen molar-refractivity contribution in [1.29, 1.82) is 0 Å². The minimum atomic E-state index is -4.21. The Balaban J connectivity index is 2.02. The molecule has 214 valence electrons. The van der Waals surface area contributed by atoms with Crippen molar-refractivity contribution in [2.45, 2.75) is 51.1 Å². The molecule has 0 saturated carbocycles. The van der Waals surface area contributed by atoms with Crippen molar-refractivity contribution in [3.8, 4) is 0 Å². The van der Waals surface area contributed by atoms with E-state index in [9.17, 15) is 18.0 Å². The molecule has 1 N–H and O–H groups in total. The number of carbonyl (C=O) groups is 2. The number of halogens is 3. The first-order valence-electron chi connectivity index (χ1n) is 12.8. The van der Waals surface area contributed by atoms with Gasteiger partial charge in [0.05, 0.1) is 25.7 Å². The molecule has 0 bridgehead atoms. The molecule has 0 spiro atoms. The molecule has 7 nitrogen and oxygen atoms in total. The molecule has 0 aliphatic carbocycles. The molecule has 0 saturated heterocycles. The van der Waals surface area contributed by atoms with Gasteiger partial charge >= 0.3 is 0 Å². The van der Waals surface area contributed by atoms with Crippen molar-refractivity contribution in [2.75, 3.05) is 17.4 Å². The number of nitrogens with zero attached hydrogens (tertiary/aromatic N) is 2. The summed E-state index contributed by atoms with van der Waals surface area (Å²) < 4.78 is 28.7. The zero-order valence-corrected chi connectivity index (χ0v) is 25.6. The third-order valence-corrected chi connectivity index (χ3v) is 9.18. The van der Waals surface area contributed by atoms with E-state index < -0.39 is 28.5 Å². The molecule has 0 aliphatic rings. The van der Waals surface area contributed by atoms with E-state index in [2.05, 4.69) is 5.32 Å². The maximum atomic E-state index is 13.9. The Bertz CT molecular complexity index is 1450. The molecule has 0 heterocycles. The molecule has 0 fully saturated rings. The Morgan fingerprint density at radius 3 is 2.23 bits per heavy atom. The van der Waals surface area contributed by atoms with Crippen LogP contribution in [0.4, 0.5) is 5.69 Å². The highest BCUT2D eigenvalue weighted by atomic mass is 35.5. The number of para-hydroxylation sites is 1. The second kappa shape index (κ2) is 14.2. The van der Waals surface area contributed by atoms with E-state index in [0.29, 0.717) is 22.2 Å². The Labute approximate surface area is 251 Å². The first-order valence-corrected chi connectivity index (χ1v) is 15.4. The number of aryl methyl sites for hydroxylation is 1. The number of sulfonamides is 1. The van der Waals surface area contributed by atoms with Crippen molar-refractivity contribution in [1.82, 2.24) is 10.2 Å². The van der Waals surface area contributed by atoms with E-state index in [-0.39, 0.29) is 28.1 Å². The second-order valence-electron chi connectivity index (χ2n) is 9.37. The van der Waals surface area contributed by atoms with Gasteiger partial charge in [0.25, 0.3) is 10.0 Å². The number of rotatable bonds is 12. The fourth-order valence-corrected chi connectivity index (χ4v) is 6.00. The van der Waals surface area contributed by atoms with E-state index in [1.54, 1.807) is 55.5 Å². The number of amides is 2. The second-order valence-corrected chi connectivity index (χ2v) is 12.5. The summed E-state index contributed by atoms with van der Waals surface area (Å²) in [6.07, 6.45) is 1.68. The quantitative estimate of drug-likeness (QED) is 0.234. The van der Waals surface area contributed by atoms with E-state index in [1.807, 2.05) is 13.8 Å². The highest BCUT2D eigenvalue weighted by Gasteiger charge is 2.33. The molecule has 1 unspecified atom stereocenters. The number of hydrogen-bond acceptors (Lipinski definition) is 4. The molecule has 0 aromatic heterocycles. The molecule has 0 radical (unpaired) electrons. The Morgan fingerprint density at radius 2 is 1.60 bits per heavy atom. The Kier molecular flexibility index (Phi) is 11.3. The summed E-state index contributed by atoms with van der Waals surface area (Å²) in [5, 5.41) is 3.65. The van der Waals surface area contributed by atoms with Crippen LogP contribution in [0.5, 0.6) is 0 Å². The topological polar surface area (TPSA) is 86.8 Å². The summed E-state index contributed by atoms with van der Waals surface area (Å²) in [5.74, 6) is -0.952. The number of carbonyl (C=O) groups excluding carboxylic acids is 2. The van der Waals surface area contributed by atoms with E-state index in [0.717, 1.165) is 22.7 Å². The van der Waals surface area contributed by atoms with Crippen LogP contribution in [0.25, 0.3) is 0 Å². The minimum absolute atomic E-state index is 0.000964. The number of unbranched alkanes of at least 4 members (excludes halogenated alkanes) is 1. The predicted molar refractivity (Wildman–Crippen MR) is 162 cm³/mol. The van der Waals surface area contributed by atoms with Crippen molar-refractivity contribution >= 4 is 62.3 Å². The van der Waals surface area contributed by atoms with Gasteiger partial charge in [0.2, 0.25) is 11.8 Å². The van der Waals surface area contributed by atoms with Crippen LogP contribution >= 0.6 is 34.8 Å². The average Bonchev–Trinajstić information content (AvgIpc) is 2.92. The Morgan fingerprint density at radius 1 is 0.925 bits per heavy atom. The average molecular weight is 625 g/mol. The van der Waals surface area contributed by atoms with Gasteiger partial charge in [0.15, 0.2) is 0 Å². The molecule has 11 heteroatoms. The van der Waals surface area contributed by atoms with E-state index >= 15 is 0 Å². The van der Waals surface area contributed by atoms with Gasteiger partial charge in [-0.2, -0.15) is 0 Å². The monoisotopic (exact) mass is 623 g/mol. The lowest BCUT2D eigenvalue weighted by atomic mass is 10.1. The summed E-state index contributed by atoms with van der Waals surface area (Å²) in [5.41, 5.74) is 1.66. The van der Waals surface area contributed by atoms with Gasteiger partial charge in [0, 0.05) is 13.1 Å². The molecule has 3 aromatic carbocycles. The molecule has 1 atom stereocenters. The molecule has 3 aromatic rings. The highest BCUT2D eigenvalue weighted by molar-refractivity contribution is 7.92. The molecule has 0 aliphatic heterocycles. The van der Waals surface area contributed by atoms with Gasteiger partial charge in [-0.15, -0.1) is 0 Å². The van der Waals surface area contributed by atoms with Crippen LogP contribution in [0.15, 0.2) is 71.6 Å². The lowest BCUT2D eigenvalue weighted by Crippen LogP contribution is -2.51. The van der Waals surface area contributed by atoms with Crippen LogP contribution in [0.3, 0.4) is 0 Å². The SMILES string of the molecule is CCCCNC(=O)C(C)N(Cc1ccc(Cl)c(Cl)c1)C(=O)CN(c1ccccc1Cl)S(=O)(=O)c1ccc(C)cc1. The summed E-state index contributed by atoms with van der Waals surface area (Å²) in [6, 6.07) is 16.7. The third-order valence-electron chi connectivity index (χ3n) is 6.34. The lowest BCUT2D eigenvalue weighted by Gasteiger charge is -2.32. The van der Waals surface area contributed by atoms with Crippen LogP contribution in [0.2, 0.25) is 15.1 Å². The van der Waals surface area contributed by atoms with Gasteiger partial charge < -0.3 is 10.2 Å². The number of anilines is 1. The fourth-order valence-electron chi connectivity index (χ4n) is 3.96. The number of nitrogens with one attached hydrogen (secondary N) is 1. The summed E-state index contributed by atoms with van der Waals surface area (Å²) in [7, 11) is -4.21. The summed E-state index contributed by atoms with van der Waals surface area (Å²) >= 11 is 18.7. The van der Waals surface area contributed by atoms with Crippen molar-refractivity contribution in [3.05, 3.63) is 92.9 Å². The molecular weight excluding hydrogens is 593 g/mol. The van der Waals surface area contributed by atoms with Gasteiger partial charge in [0.1, 0.15) is 12.6 Å². The fraction of sp³-hybridized carbons (Fsp3) is 0.310. The van der Waals surface area contributed by atoms with Crippen molar-refractivity contribution in [3.63, 3.8) is 0 Å². The largest absolute Gasteiger partial charge is 0.354 e. The standard InChI is InChI=1S/C29H32Cl3N3O4S/c1-4-5-16-33-29(37)21(3)34(18-22-12-15-24(30)26(32)17-22)28(36)19-35(27-9-7-6-8-25(27)31)40(38,39)23-13-10-20(2)11-14-23/h6-15,17,21H,4-5,16,18-19H2,1-3H3,(H,33,37). The van der Waals surface area contributed by atoms with Crippen LogP contribution in [-0.4, -0.2) is 44.3 Å². The van der Waals surface area contributed by atoms with Crippen molar-refractivity contribution < 1.29 is 18.0 Å². The van der Waals surface area contributed by atoms with E-state index in [4.69, 9.17) is 34.8 Å². The molecule has 3 rings (SSSR count). The van der Waals surface area contributed by atoms with Gasteiger partial charge in [-0.3, -0.25) is 13.9 Å². The third kappa shape index (κ3) is 7.91. The molecule has 2 amide bonds. The lowest BCUT2D eigenvalue weighted by molar-refractivity contribution is -0.139. The van der Waals surface area contributed by atoms with Gasteiger partial charge in [-0.05, 0) is 62.2 Å². The minimum Gasteiger partial charge on any atom is -0.354 e. The van der Waals surface area contributed by atoms with Crippen molar-refractivity contribution in [2.24, 2.45) is 0 Å². The number of hydrogen-bond donors (Lipinski definition) is 1. The molecular formula is C29H32Cl3N3O4S. The normalized spacial score (nSPS) is 12.1. The van der Waals surface area contributed by atoms with Crippen LogP contribution in [0.1, 0.15) is 37.8 Å². The summed E-state index contributed by atoms with van der Waals surface area (Å²) in [6.45, 7) is 5.33. The maximum absolute atomic E-state index is 13.9.